The number of fused-ring (bicyclic) bond motifs is 1. The van der Waals surface area contributed by atoms with Gasteiger partial charge in [-0.25, -0.2) is 4.79 Å². The molecular weight excluding hydrogens is 461 g/mol. The smallest absolute Gasteiger partial charge is 0.435 e. The van der Waals surface area contributed by atoms with E-state index in [0.717, 1.165) is 16.0 Å². The zero-order valence-electron chi connectivity index (χ0n) is 18.0. The molecule has 0 saturated carbocycles. The second kappa shape index (κ2) is 8.98. The number of hydrogen-bond acceptors (Lipinski definition) is 6. The number of ether oxygens (including phenoxy) is 1. The largest absolute Gasteiger partial charge is 0.445 e. The van der Waals surface area contributed by atoms with Crippen molar-refractivity contribution in [1.82, 2.24) is 19.8 Å². The lowest BCUT2D eigenvalue weighted by Crippen LogP contribution is -2.29. The monoisotopic (exact) mass is 478 g/mol. The van der Waals surface area contributed by atoms with Crippen LogP contribution in [0.15, 0.2) is 97.7 Å². The Bertz CT molecular complexity index is 1360. The molecule has 0 N–H and O–H groups in total. The summed E-state index contributed by atoms with van der Waals surface area (Å²) in [5.41, 5.74) is -0.558. The summed E-state index contributed by atoms with van der Waals surface area (Å²) in [7, 11) is 0. The van der Waals surface area contributed by atoms with Gasteiger partial charge in [0.25, 0.3) is 0 Å². The lowest BCUT2D eigenvalue weighted by Gasteiger charge is -2.28. The Morgan fingerprint density at radius 1 is 0.971 bits per heavy atom. The number of aromatic nitrogens is 3. The Hall–Kier alpha value is -4.60. The number of nitrogens with zero attached hydrogens (tertiary/aromatic N) is 4. The highest BCUT2D eigenvalue weighted by Crippen LogP contribution is 2.45. The van der Waals surface area contributed by atoms with Crippen molar-refractivity contribution in [3.05, 3.63) is 120 Å². The Morgan fingerprint density at radius 3 is 2.34 bits per heavy atom. The van der Waals surface area contributed by atoms with Crippen molar-refractivity contribution in [2.75, 3.05) is 0 Å². The van der Waals surface area contributed by atoms with E-state index in [1.807, 2.05) is 0 Å². The first-order chi connectivity index (χ1) is 16.9. The van der Waals surface area contributed by atoms with Crippen LogP contribution in [0.5, 0.6) is 5.88 Å². The second-order valence-electron chi connectivity index (χ2n) is 7.51. The van der Waals surface area contributed by atoms with Gasteiger partial charge in [0.15, 0.2) is 5.69 Å². The van der Waals surface area contributed by atoms with Gasteiger partial charge in [0.05, 0.1) is 23.0 Å². The van der Waals surface area contributed by atoms with Gasteiger partial charge in [-0.05, 0) is 30.3 Å². The lowest BCUT2D eigenvalue weighted by molar-refractivity contribution is -0.144. The number of hydroxylamine groups is 2. The van der Waals surface area contributed by atoms with Gasteiger partial charge in [-0.1, -0.05) is 42.5 Å². The van der Waals surface area contributed by atoms with Gasteiger partial charge in [-0.3, -0.25) is 4.98 Å². The molecule has 5 rings (SSSR count). The average Bonchev–Trinajstić information content (AvgIpc) is 3.16. The molecule has 1 aliphatic rings. The van der Waals surface area contributed by atoms with E-state index in [1.165, 1.54) is 18.6 Å². The van der Waals surface area contributed by atoms with E-state index in [4.69, 9.17) is 9.57 Å². The van der Waals surface area contributed by atoms with E-state index < -0.39 is 23.9 Å². The molecule has 7 nitrogen and oxygen atoms in total. The number of carbonyl (C=O) groups is 1. The predicted molar refractivity (Wildman–Crippen MR) is 118 cm³/mol. The fourth-order valence-corrected chi connectivity index (χ4v) is 3.75. The van der Waals surface area contributed by atoms with E-state index in [9.17, 15) is 18.0 Å². The highest BCUT2D eigenvalue weighted by atomic mass is 19.4. The molecule has 0 radical (unpaired) electrons. The molecule has 4 aromatic rings. The quantitative estimate of drug-likeness (QED) is 0.396. The molecule has 1 atom stereocenters. The standard InChI is InChI=1S/C25H17F3N4O3/c26-25(27,28)22-20-21(18-10-7-13-29-16-18)31(35-24(33)17-8-3-1-4-9-17)14-15-34-23(20)32(30-22)19-11-5-2-6-12-19/h1-16,21H. The third-order valence-corrected chi connectivity index (χ3v) is 5.26. The Labute approximate surface area is 197 Å². The summed E-state index contributed by atoms with van der Waals surface area (Å²) in [6.45, 7) is 0. The fraction of sp³-hybridized carbons (Fsp3) is 0.0800. The number of benzene rings is 2. The molecule has 0 spiro atoms. The normalized spacial score (nSPS) is 15.2. The summed E-state index contributed by atoms with van der Waals surface area (Å²) >= 11 is 0. The SMILES string of the molecule is O=C(ON1C=COc2c(c(C(F)(F)F)nn2-c2ccccc2)C1c1cccnc1)c1ccccc1. The average molecular weight is 478 g/mol. The number of alkyl halides is 3. The van der Waals surface area contributed by atoms with Crippen molar-refractivity contribution in [2.45, 2.75) is 12.2 Å². The maximum atomic E-state index is 14.3. The second-order valence-corrected chi connectivity index (χ2v) is 7.51. The molecule has 2 aromatic carbocycles. The van der Waals surface area contributed by atoms with Crippen LogP contribution in [0.2, 0.25) is 0 Å². The molecule has 1 aliphatic heterocycles. The summed E-state index contributed by atoms with van der Waals surface area (Å²) in [5, 5.41) is 4.89. The van der Waals surface area contributed by atoms with Gasteiger partial charge in [0.1, 0.15) is 12.3 Å². The first-order valence-electron chi connectivity index (χ1n) is 10.5. The lowest BCUT2D eigenvalue weighted by atomic mass is 9.99. The Balaban J connectivity index is 1.69. The van der Waals surface area contributed by atoms with Crippen molar-refractivity contribution < 1.29 is 27.5 Å². The van der Waals surface area contributed by atoms with Crippen LogP contribution in [0, 0.1) is 0 Å². The minimum absolute atomic E-state index is 0.160. The van der Waals surface area contributed by atoms with Crippen LogP contribution >= 0.6 is 0 Å². The number of hydrogen-bond donors (Lipinski definition) is 0. The van der Waals surface area contributed by atoms with E-state index >= 15 is 0 Å². The molecule has 10 heteroatoms. The summed E-state index contributed by atoms with van der Waals surface area (Å²) in [4.78, 5) is 22.4. The first-order valence-corrected chi connectivity index (χ1v) is 10.5. The van der Waals surface area contributed by atoms with Gasteiger partial charge in [0.2, 0.25) is 5.88 Å². The molecule has 0 bridgehead atoms. The maximum Gasteiger partial charge on any atom is 0.435 e. The number of rotatable bonds is 4. The number of halogens is 3. The van der Waals surface area contributed by atoms with Crippen LogP contribution in [0.1, 0.15) is 33.2 Å². The summed E-state index contributed by atoms with van der Waals surface area (Å²) < 4.78 is 49.6. The Morgan fingerprint density at radius 2 is 1.69 bits per heavy atom. The van der Waals surface area contributed by atoms with Gasteiger partial charge < -0.3 is 9.57 Å². The van der Waals surface area contributed by atoms with Crippen LogP contribution < -0.4 is 4.74 Å². The van der Waals surface area contributed by atoms with Crippen LogP contribution in [-0.4, -0.2) is 25.8 Å². The van der Waals surface area contributed by atoms with E-state index in [-0.39, 0.29) is 17.0 Å². The molecule has 176 valence electrons. The van der Waals surface area contributed by atoms with Gasteiger partial charge in [-0.2, -0.15) is 28.0 Å². The summed E-state index contributed by atoms with van der Waals surface area (Å²) in [6, 6.07) is 18.3. The molecule has 0 amide bonds. The number of carbonyl (C=O) groups excluding carboxylic acids is 1. The molecule has 2 aromatic heterocycles. The van der Waals surface area contributed by atoms with Crippen molar-refractivity contribution >= 4 is 5.97 Å². The van der Waals surface area contributed by atoms with Crippen molar-refractivity contribution in [3.8, 4) is 11.6 Å². The molecule has 0 saturated heterocycles. The Kier molecular flexibility index (Phi) is 5.69. The topological polar surface area (TPSA) is 69.5 Å². The molecule has 1 unspecified atom stereocenters. The van der Waals surface area contributed by atoms with Crippen molar-refractivity contribution in [3.63, 3.8) is 0 Å². The van der Waals surface area contributed by atoms with Crippen LogP contribution in [0.4, 0.5) is 13.2 Å². The van der Waals surface area contributed by atoms with E-state index in [2.05, 4.69) is 10.1 Å². The predicted octanol–water partition coefficient (Wildman–Crippen LogP) is 5.31. The third-order valence-electron chi connectivity index (χ3n) is 5.26. The fourth-order valence-electron chi connectivity index (χ4n) is 3.75. The third kappa shape index (κ3) is 4.33. The van der Waals surface area contributed by atoms with Crippen LogP contribution in [-0.2, 0) is 11.0 Å². The number of para-hydroxylation sites is 1. The van der Waals surface area contributed by atoms with Crippen LogP contribution in [0.3, 0.4) is 0 Å². The molecule has 0 fully saturated rings. The van der Waals surface area contributed by atoms with Crippen LogP contribution in [0.25, 0.3) is 5.69 Å². The van der Waals surface area contributed by atoms with E-state index in [1.54, 1.807) is 72.8 Å². The first kappa shape index (κ1) is 22.2. The summed E-state index contributed by atoms with van der Waals surface area (Å²) in [6.07, 6.45) is 0.471. The van der Waals surface area contributed by atoms with Crippen molar-refractivity contribution in [2.24, 2.45) is 0 Å². The molecule has 3 heterocycles. The van der Waals surface area contributed by atoms with Gasteiger partial charge in [-0.15, -0.1) is 0 Å². The zero-order valence-corrected chi connectivity index (χ0v) is 18.0. The minimum Gasteiger partial charge on any atom is -0.445 e. The van der Waals surface area contributed by atoms with Gasteiger partial charge in [0, 0.05) is 18.0 Å². The highest BCUT2D eigenvalue weighted by Gasteiger charge is 2.45. The van der Waals surface area contributed by atoms with E-state index in [0.29, 0.717) is 11.3 Å². The maximum absolute atomic E-state index is 14.3. The number of pyridine rings is 1. The molecule has 0 aliphatic carbocycles. The van der Waals surface area contributed by atoms with Gasteiger partial charge >= 0.3 is 12.1 Å². The molecular formula is C25H17F3N4O3. The summed E-state index contributed by atoms with van der Waals surface area (Å²) in [5.74, 6) is -0.913. The highest BCUT2D eigenvalue weighted by molar-refractivity contribution is 5.89. The van der Waals surface area contributed by atoms with Crippen molar-refractivity contribution in [1.29, 1.82) is 0 Å². The minimum atomic E-state index is -4.83. The molecule has 35 heavy (non-hydrogen) atoms. The zero-order chi connectivity index (χ0) is 24.4.